The standard InChI is InChI=1S/C16H21BrFN3/c1-5-8-19-10(2)13-6-7-15(14(18)9-13)21-12(4)16(17)11(3)20-21/h6-7,9-10,19H,5,8H2,1-4H3. The Morgan fingerprint density at radius 2 is 2.10 bits per heavy atom. The van der Waals surface area contributed by atoms with Crippen LogP contribution in [0.3, 0.4) is 0 Å². The van der Waals surface area contributed by atoms with Crippen molar-refractivity contribution in [2.45, 2.75) is 40.2 Å². The van der Waals surface area contributed by atoms with Crippen molar-refractivity contribution in [3.63, 3.8) is 0 Å². The van der Waals surface area contributed by atoms with Gasteiger partial charge in [0.25, 0.3) is 0 Å². The number of aryl methyl sites for hydroxylation is 1. The van der Waals surface area contributed by atoms with Crippen molar-refractivity contribution in [3.05, 3.63) is 45.4 Å². The molecule has 0 saturated heterocycles. The van der Waals surface area contributed by atoms with Gasteiger partial charge in [-0.15, -0.1) is 0 Å². The molecule has 21 heavy (non-hydrogen) atoms. The molecule has 0 amide bonds. The summed E-state index contributed by atoms with van der Waals surface area (Å²) in [5.74, 6) is -0.254. The van der Waals surface area contributed by atoms with E-state index in [2.05, 4.69) is 33.3 Å². The van der Waals surface area contributed by atoms with E-state index in [1.54, 1.807) is 16.8 Å². The van der Waals surface area contributed by atoms with Crippen LogP contribution in [0.15, 0.2) is 22.7 Å². The van der Waals surface area contributed by atoms with Crippen LogP contribution in [0.5, 0.6) is 0 Å². The molecule has 0 aliphatic carbocycles. The zero-order chi connectivity index (χ0) is 15.6. The number of benzene rings is 1. The van der Waals surface area contributed by atoms with E-state index in [-0.39, 0.29) is 11.9 Å². The summed E-state index contributed by atoms with van der Waals surface area (Å²) in [6.45, 7) is 8.91. The van der Waals surface area contributed by atoms with Gasteiger partial charge in [-0.05, 0) is 67.4 Å². The molecular weight excluding hydrogens is 333 g/mol. The van der Waals surface area contributed by atoms with Gasteiger partial charge in [0.15, 0.2) is 0 Å². The number of hydrogen-bond acceptors (Lipinski definition) is 2. The van der Waals surface area contributed by atoms with E-state index in [0.717, 1.165) is 34.4 Å². The molecule has 3 nitrogen and oxygen atoms in total. The van der Waals surface area contributed by atoms with Crippen LogP contribution in [0.4, 0.5) is 4.39 Å². The van der Waals surface area contributed by atoms with Crippen LogP contribution < -0.4 is 5.32 Å². The predicted molar refractivity (Wildman–Crippen MR) is 87.4 cm³/mol. The van der Waals surface area contributed by atoms with Crippen LogP contribution >= 0.6 is 15.9 Å². The summed E-state index contributed by atoms with van der Waals surface area (Å²) in [7, 11) is 0. The normalized spacial score (nSPS) is 12.7. The molecule has 1 N–H and O–H groups in total. The molecule has 0 radical (unpaired) electrons. The maximum absolute atomic E-state index is 14.4. The quantitative estimate of drug-likeness (QED) is 0.860. The molecule has 1 heterocycles. The van der Waals surface area contributed by atoms with Gasteiger partial charge in [0.1, 0.15) is 11.5 Å². The molecule has 1 aromatic heterocycles. The molecule has 0 spiro atoms. The van der Waals surface area contributed by atoms with E-state index in [1.165, 1.54) is 0 Å². The second-order valence-electron chi connectivity index (χ2n) is 5.28. The number of aromatic nitrogens is 2. The molecular formula is C16H21BrFN3. The Morgan fingerprint density at radius 3 is 2.62 bits per heavy atom. The minimum Gasteiger partial charge on any atom is -0.310 e. The third-order valence-electron chi connectivity index (χ3n) is 3.60. The molecule has 2 rings (SSSR count). The molecule has 5 heteroatoms. The summed E-state index contributed by atoms with van der Waals surface area (Å²) in [6, 6.07) is 5.48. The lowest BCUT2D eigenvalue weighted by molar-refractivity contribution is 0.559. The van der Waals surface area contributed by atoms with Crippen LogP contribution in [0.2, 0.25) is 0 Å². The second-order valence-corrected chi connectivity index (χ2v) is 6.08. The maximum Gasteiger partial charge on any atom is 0.149 e. The number of nitrogens with zero attached hydrogens (tertiary/aromatic N) is 2. The monoisotopic (exact) mass is 353 g/mol. The largest absolute Gasteiger partial charge is 0.310 e. The first kappa shape index (κ1) is 16.2. The Bertz CT molecular complexity index is 637. The van der Waals surface area contributed by atoms with Crippen molar-refractivity contribution in [2.24, 2.45) is 0 Å². The highest BCUT2D eigenvalue weighted by atomic mass is 79.9. The van der Waals surface area contributed by atoms with Crippen molar-refractivity contribution in [3.8, 4) is 5.69 Å². The third-order valence-corrected chi connectivity index (χ3v) is 4.75. The Kier molecular flexibility index (Phi) is 5.17. The summed E-state index contributed by atoms with van der Waals surface area (Å²) in [5, 5.41) is 7.74. The molecule has 1 atom stereocenters. The molecule has 0 bridgehead atoms. The van der Waals surface area contributed by atoms with Gasteiger partial charge in [-0.25, -0.2) is 9.07 Å². The lowest BCUT2D eigenvalue weighted by Crippen LogP contribution is -2.19. The summed E-state index contributed by atoms with van der Waals surface area (Å²) in [4.78, 5) is 0. The Labute approximate surface area is 133 Å². The van der Waals surface area contributed by atoms with E-state index in [0.29, 0.717) is 5.69 Å². The Morgan fingerprint density at radius 1 is 1.38 bits per heavy atom. The molecule has 0 aliphatic heterocycles. The van der Waals surface area contributed by atoms with Crippen molar-refractivity contribution in [1.29, 1.82) is 0 Å². The summed E-state index contributed by atoms with van der Waals surface area (Å²) in [5.41, 5.74) is 3.18. The first-order chi connectivity index (χ1) is 9.95. The van der Waals surface area contributed by atoms with Gasteiger partial charge in [-0.3, -0.25) is 0 Å². The zero-order valence-corrected chi connectivity index (χ0v) is 14.5. The van der Waals surface area contributed by atoms with E-state index < -0.39 is 0 Å². The molecule has 1 aromatic carbocycles. The zero-order valence-electron chi connectivity index (χ0n) is 12.9. The molecule has 114 valence electrons. The maximum atomic E-state index is 14.4. The fraction of sp³-hybridized carbons (Fsp3) is 0.438. The molecule has 1 unspecified atom stereocenters. The van der Waals surface area contributed by atoms with Crippen molar-refractivity contribution < 1.29 is 4.39 Å². The molecule has 0 aliphatic rings. The van der Waals surface area contributed by atoms with E-state index in [4.69, 9.17) is 0 Å². The topological polar surface area (TPSA) is 29.9 Å². The minimum absolute atomic E-state index is 0.140. The molecule has 0 saturated carbocycles. The van der Waals surface area contributed by atoms with Gasteiger partial charge in [-0.1, -0.05) is 13.0 Å². The van der Waals surface area contributed by atoms with Crippen LogP contribution in [-0.2, 0) is 0 Å². The number of nitrogens with one attached hydrogen (secondary N) is 1. The van der Waals surface area contributed by atoms with E-state index >= 15 is 0 Å². The predicted octanol–water partition coefficient (Wildman–Crippen LogP) is 4.45. The first-order valence-electron chi connectivity index (χ1n) is 7.20. The van der Waals surface area contributed by atoms with E-state index in [1.807, 2.05) is 26.8 Å². The SMILES string of the molecule is CCCNC(C)c1ccc(-n2nc(C)c(Br)c2C)c(F)c1. The lowest BCUT2D eigenvalue weighted by Gasteiger charge is -2.15. The molecule has 0 fully saturated rings. The summed E-state index contributed by atoms with van der Waals surface area (Å²) < 4.78 is 17.0. The van der Waals surface area contributed by atoms with Crippen LogP contribution in [-0.4, -0.2) is 16.3 Å². The minimum atomic E-state index is -0.254. The highest BCUT2D eigenvalue weighted by Gasteiger charge is 2.15. The highest BCUT2D eigenvalue weighted by Crippen LogP contribution is 2.25. The second kappa shape index (κ2) is 6.71. The Hall–Kier alpha value is -1.20. The van der Waals surface area contributed by atoms with Crippen molar-refractivity contribution in [1.82, 2.24) is 15.1 Å². The van der Waals surface area contributed by atoms with Gasteiger partial charge in [0.2, 0.25) is 0 Å². The van der Waals surface area contributed by atoms with Crippen molar-refractivity contribution in [2.75, 3.05) is 6.54 Å². The highest BCUT2D eigenvalue weighted by molar-refractivity contribution is 9.10. The van der Waals surface area contributed by atoms with Gasteiger partial charge in [0.05, 0.1) is 15.9 Å². The fourth-order valence-corrected chi connectivity index (χ4v) is 2.55. The van der Waals surface area contributed by atoms with Gasteiger partial charge in [0, 0.05) is 6.04 Å². The average Bonchev–Trinajstić information content (AvgIpc) is 2.72. The molecule has 2 aromatic rings. The lowest BCUT2D eigenvalue weighted by atomic mass is 10.1. The summed E-state index contributed by atoms with van der Waals surface area (Å²) >= 11 is 3.47. The van der Waals surface area contributed by atoms with Gasteiger partial charge in [-0.2, -0.15) is 5.10 Å². The van der Waals surface area contributed by atoms with E-state index in [9.17, 15) is 4.39 Å². The number of halogens is 2. The van der Waals surface area contributed by atoms with Crippen LogP contribution in [0.25, 0.3) is 5.69 Å². The smallest absolute Gasteiger partial charge is 0.149 e. The average molecular weight is 354 g/mol. The van der Waals surface area contributed by atoms with Crippen molar-refractivity contribution >= 4 is 15.9 Å². The first-order valence-corrected chi connectivity index (χ1v) is 8.00. The van der Waals surface area contributed by atoms with Crippen LogP contribution in [0, 0.1) is 19.7 Å². The van der Waals surface area contributed by atoms with Gasteiger partial charge >= 0.3 is 0 Å². The number of hydrogen-bond donors (Lipinski definition) is 1. The van der Waals surface area contributed by atoms with Crippen LogP contribution in [0.1, 0.15) is 43.3 Å². The fourth-order valence-electron chi connectivity index (χ4n) is 2.30. The number of rotatable bonds is 5. The third kappa shape index (κ3) is 3.35. The van der Waals surface area contributed by atoms with Gasteiger partial charge < -0.3 is 5.32 Å². The summed E-state index contributed by atoms with van der Waals surface area (Å²) in [6.07, 6.45) is 1.06. The Balaban J connectivity index is 2.33.